The second kappa shape index (κ2) is 10.3. The van der Waals surface area contributed by atoms with Gasteiger partial charge in [-0.1, -0.05) is 60.7 Å². The van der Waals surface area contributed by atoms with Gasteiger partial charge in [-0.2, -0.15) is 5.10 Å². The minimum Gasteiger partial charge on any atom is -0.497 e. The van der Waals surface area contributed by atoms with Gasteiger partial charge in [0.1, 0.15) is 11.5 Å². The van der Waals surface area contributed by atoms with E-state index in [9.17, 15) is 9.59 Å². The highest BCUT2D eigenvalue weighted by Gasteiger charge is 2.34. The molecule has 36 heavy (non-hydrogen) atoms. The third-order valence-corrected chi connectivity index (χ3v) is 6.05. The van der Waals surface area contributed by atoms with E-state index in [2.05, 4.69) is 0 Å². The molecule has 1 amide bonds. The Balaban J connectivity index is 1.50. The molecule has 0 fully saturated rings. The molecular formula is C30H24N2O4. The van der Waals surface area contributed by atoms with Gasteiger partial charge in [-0.15, -0.1) is 0 Å². The van der Waals surface area contributed by atoms with Crippen molar-refractivity contribution in [3.8, 4) is 11.5 Å². The molecule has 0 unspecified atom stereocenters. The molecule has 0 radical (unpaired) electrons. The summed E-state index contributed by atoms with van der Waals surface area (Å²) in [6, 6.07) is 32.5. The van der Waals surface area contributed by atoms with Crippen LogP contribution >= 0.6 is 0 Å². The van der Waals surface area contributed by atoms with Crippen molar-refractivity contribution in [3.63, 3.8) is 0 Å². The van der Waals surface area contributed by atoms with Crippen molar-refractivity contribution in [2.75, 3.05) is 7.11 Å². The van der Waals surface area contributed by atoms with Gasteiger partial charge < -0.3 is 9.47 Å². The molecule has 6 nitrogen and oxygen atoms in total. The van der Waals surface area contributed by atoms with Crippen LogP contribution in [-0.4, -0.2) is 29.7 Å². The first-order valence-corrected chi connectivity index (χ1v) is 11.6. The summed E-state index contributed by atoms with van der Waals surface area (Å²) in [5.41, 5.74) is 3.26. The van der Waals surface area contributed by atoms with E-state index in [4.69, 9.17) is 14.6 Å². The number of hydrogen-bond acceptors (Lipinski definition) is 5. The maximum atomic E-state index is 13.5. The van der Waals surface area contributed by atoms with Crippen molar-refractivity contribution >= 4 is 17.6 Å². The minimum atomic E-state index is -0.453. The number of esters is 1. The van der Waals surface area contributed by atoms with Gasteiger partial charge in [0.05, 0.1) is 24.4 Å². The number of benzene rings is 4. The van der Waals surface area contributed by atoms with Crippen molar-refractivity contribution in [1.29, 1.82) is 0 Å². The molecule has 1 aliphatic rings. The number of amides is 1. The summed E-state index contributed by atoms with van der Waals surface area (Å²) in [4.78, 5) is 26.2. The van der Waals surface area contributed by atoms with Crippen LogP contribution in [0.1, 0.15) is 44.3 Å². The Morgan fingerprint density at radius 2 is 1.39 bits per heavy atom. The summed E-state index contributed by atoms with van der Waals surface area (Å²) in [5.74, 6) is 0.473. The highest BCUT2D eigenvalue weighted by atomic mass is 16.5. The van der Waals surface area contributed by atoms with E-state index in [0.717, 1.165) is 11.3 Å². The number of carbonyl (C=O) groups excluding carboxylic acids is 2. The Morgan fingerprint density at radius 3 is 2.06 bits per heavy atom. The molecular weight excluding hydrogens is 452 g/mol. The maximum Gasteiger partial charge on any atom is 0.343 e. The Morgan fingerprint density at radius 1 is 0.778 bits per heavy atom. The molecule has 0 saturated heterocycles. The number of ether oxygens (including phenoxy) is 2. The Hall–Kier alpha value is -4.71. The van der Waals surface area contributed by atoms with Crippen LogP contribution in [-0.2, 0) is 0 Å². The lowest BCUT2D eigenvalue weighted by Crippen LogP contribution is -2.27. The molecule has 178 valence electrons. The van der Waals surface area contributed by atoms with Gasteiger partial charge in [0, 0.05) is 17.5 Å². The lowest BCUT2D eigenvalue weighted by molar-refractivity contribution is 0.0708. The highest BCUT2D eigenvalue weighted by Crippen LogP contribution is 2.36. The zero-order valence-electron chi connectivity index (χ0n) is 19.7. The van der Waals surface area contributed by atoms with Crippen LogP contribution in [0.3, 0.4) is 0 Å². The van der Waals surface area contributed by atoms with E-state index >= 15 is 0 Å². The molecule has 0 aromatic heterocycles. The first kappa shape index (κ1) is 23.1. The number of hydrazone groups is 1. The molecule has 0 N–H and O–H groups in total. The highest BCUT2D eigenvalue weighted by molar-refractivity contribution is 6.07. The fourth-order valence-corrected chi connectivity index (χ4v) is 4.19. The first-order valence-electron chi connectivity index (χ1n) is 11.6. The number of rotatable bonds is 6. The summed E-state index contributed by atoms with van der Waals surface area (Å²) < 4.78 is 11.1. The number of methoxy groups -OCH3 is 1. The van der Waals surface area contributed by atoms with Gasteiger partial charge in [0.25, 0.3) is 5.91 Å². The molecule has 6 heteroatoms. The second-order valence-corrected chi connectivity index (χ2v) is 8.31. The van der Waals surface area contributed by atoms with Crippen LogP contribution in [0.5, 0.6) is 11.5 Å². The second-order valence-electron chi connectivity index (χ2n) is 8.31. The summed E-state index contributed by atoms with van der Waals surface area (Å²) in [6.07, 6.45) is 0.463. The lowest BCUT2D eigenvalue weighted by Gasteiger charge is -2.22. The predicted octanol–water partition coefficient (Wildman–Crippen LogP) is 5.91. The smallest absolute Gasteiger partial charge is 0.343 e. The zero-order chi connectivity index (χ0) is 24.9. The van der Waals surface area contributed by atoms with E-state index in [-0.39, 0.29) is 11.9 Å². The van der Waals surface area contributed by atoms with Crippen molar-refractivity contribution in [2.24, 2.45) is 5.10 Å². The Bertz CT molecular complexity index is 1400. The first-order chi connectivity index (χ1) is 17.6. The van der Waals surface area contributed by atoms with Crippen molar-refractivity contribution in [2.45, 2.75) is 12.5 Å². The summed E-state index contributed by atoms with van der Waals surface area (Å²) in [5, 5.41) is 6.27. The zero-order valence-corrected chi connectivity index (χ0v) is 19.7. The summed E-state index contributed by atoms with van der Waals surface area (Å²) >= 11 is 0. The molecule has 4 aromatic rings. The van der Waals surface area contributed by atoms with Crippen molar-refractivity contribution in [1.82, 2.24) is 5.01 Å². The third-order valence-electron chi connectivity index (χ3n) is 6.05. The minimum absolute atomic E-state index is 0.204. The molecule has 1 heterocycles. The van der Waals surface area contributed by atoms with Gasteiger partial charge in [-0.25, -0.2) is 9.80 Å². The van der Waals surface area contributed by atoms with E-state index in [1.165, 1.54) is 5.01 Å². The molecule has 5 rings (SSSR count). The third kappa shape index (κ3) is 4.74. The maximum absolute atomic E-state index is 13.5. The summed E-state index contributed by atoms with van der Waals surface area (Å²) in [6.45, 7) is 0. The normalized spacial score (nSPS) is 14.8. The number of hydrogen-bond donors (Lipinski definition) is 0. The predicted molar refractivity (Wildman–Crippen MR) is 137 cm³/mol. The Labute approximate surface area is 209 Å². The van der Waals surface area contributed by atoms with Crippen LogP contribution in [0, 0.1) is 0 Å². The van der Waals surface area contributed by atoms with E-state index in [0.29, 0.717) is 34.6 Å². The SMILES string of the molecule is COc1ccc([C@H]2CC(c3ccccc3OC(=O)c3ccccc3)=NN2C(=O)c2ccccc2)cc1. The standard InChI is InChI=1S/C30H24N2O4/c1-35-24-18-16-21(17-19-24)27-20-26(31-32(27)29(33)22-10-4-2-5-11-22)25-14-8-9-15-28(25)36-30(34)23-12-6-3-7-13-23/h2-19,27H,20H2,1H3/t27-/m1/s1. The monoisotopic (exact) mass is 476 g/mol. The number of carbonyl (C=O) groups is 2. The van der Waals surface area contributed by atoms with Gasteiger partial charge >= 0.3 is 5.97 Å². The van der Waals surface area contributed by atoms with Crippen molar-refractivity contribution in [3.05, 3.63) is 131 Å². The van der Waals surface area contributed by atoms with E-state index < -0.39 is 5.97 Å². The van der Waals surface area contributed by atoms with Gasteiger partial charge in [-0.05, 0) is 54.1 Å². The van der Waals surface area contributed by atoms with Gasteiger partial charge in [0.2, 0.25) is 0 Å². The average Bonchev–Trinajstić information content (AvgIpc) is 3.39. The van der Waals surface area contributed by atoms with Gasteiger partial charge in [-0.3, -0.25) is 4.79 Å². The van der Waals surface area contributed by atoms with Crippen LogP contribution in [0.4, 0.5) is 0 Å². The lowest BCUT2D eigenvalue weighted by atomic mass is 9.97. The largest absolute Gasteiger partial charge is 0.497 e. The molecule has 0 bridgehead atoms. The number of para-hydroxylation sites is 1. The molecule has 0 spiro atoms. The number of nitrogens with zero attached hydrogens (tertiary/aromatic N) is 2. The van der Waals surface area contributed by atoms with Crippen molar-refractivity contribution < 1.29 is 19.1 Å². The quantitative estimate of drug-likeness (QED) is 0.256. The molecule has 0 saturated carbocycles. The van der Waals surface area contributed by atoms with E-state index in [1.54, 1.807) is 55.6 Å². The van der Waals surface area contributed by atoms with Crippen LogP contribution in [0.2, 0.25) is 0 Å². The molecule has 0 aliphatic carbocycles. The van der Waals surface area contributed by atoms with Crippen LogP contribution in [0.25, 0.3) is 0 Å². The van der Waals surface area contributed by atoms with Gasteiger partial charge in [0.15, 0.2) is 0 Å². The molecule has 1 aliphatic heterocycles. The molecule has 4 aromatic carbocycles. The topological polar surface area (TPSA) is 68.2 Å². The fraction of sp³-hybridized carbons (Fsp3) is 0.100. The van der Waals surface area contributed by atoms with Crippen LogP contribution < -0.4 is 9.47 Å². The Kier molecular flexibility index (Phi) is 6.58. The molecule has 1 atom stereocenters. The fourth-order valence-electron chi connectivity index (χ4n) is 4.19. The van der Waals surface area contributed by atoms with Crippen LogP contribution in [0.15, 0.2) is 114 Å². The van der Waals surface area contributed by atoms with E-state index in [1.807, 2.05) is 60.7 Å². The average molecular weight is 477 g/mol. The summed E-state index contributed by atoms with van der Waals surface area (Å²) in [7, 11) is 1.62.